The molecule has 16 heteroatoms. The number of carbonyl (C=O) groups is 5. The molecule has 4 amide bonds. The number of likely N-dealkylation sites (tertiary alicyclic amines) is 2. The molecule has 2 fully saturated rings. The fourth-order valence-electron chi connectivity index (χ4n) is 8.18. The van der Waals surface area contributed by atoms with Gasteiger partial charge in [0, 0.05) is 37.0 Å². The number of carbonyl (C=O) groups excluding carboxylic acids is 4. The van der Waals surface area contributed by atoms with E-state index >= 15 is 0 Å². The van der Waals surface area contributed by atoms with Crippen LogP contribution in [-0.2, 0) is 29.3 Å². The van der Waals surface area contributed by atoms with E-state index in [1.807, 2.05) is 70.2 Å². The van der Waals surface area contributed by atoms with Gasteiger partial charge in [0.15, 0.2) is 0 Å². The average molecular weight is 785 g/mol. The number of benzene rings is 1. The van der Waals surface area contributed by atoms with Crippen LogP contribution in [-0.4, -0.2) is 104 Å². The van der Waals surface area contributed by atoms with Crippen LogP contribution in [0.4, 0.5) is 9.59 Å². The molecule has 304 valence electrons. The largest absolute Gasteiger partial charge is 0.478 e. The lowest BCUT2D eigenvalue weighted by atomic mass is 9.72. The maximum absolute atomic E-state index is 13.9. The van der Waals surface area contributed by atoms with Gasteiger partial charge in [0.2, 0.25) is 11.8 Å². The molecule has 2 aliphatic heterocycles. The average Bonchev–Trinajstić information content (AvgIpc) is 4.05. The zero-order valence-electron chi connectivity index (χ0n) is 33.2. The maximum Gasteiger partial charge on any atom is 0.407 e. The third-order valence-corrected chi connectivity index (χ3v) is 11.2. The summed E-state index contributed by atoms with van der Waals surface area (Å²) >= 11 is 0. The highest BCUT2D eigenvalue weighted by molar-refractivity contribution is 5.91. The van der Waals surface area contributed by atoms with Gasteiger partial charge < -0.3 is 45.0 Å². The zero-order chi connectivity index (χ0) is 41.0. The standard InChI is InChI=1S/C41H52N8O8/c1-23(2)32(46-39(54)56-5)36(50)48-18-10-14-28(48)34-42-21-30(44-34)41(17-16-26(27(20-41)38(52)53)25-12-8-7-9-13-25)31-22-43-35(45-31)29-15-11-19-49(29)37(51)33(24(3)4)47-40(55)57-6/h7-9,12-13,16-17,20-24,26,28-29,32-33H,10-11,14-15,18-19H2,1-6H3,(H,42,44)(H,43,45)(H,46,54)(H,47,55)(H,52,53)/t26?,28-,29-,32-,33-/m0/s1. The third-order valence-electron chi connectivity index (χ3n) is 11.2. The fraction of sp³-hybridized carbons (Fsp3) is 0.488. The number of carboxylic acid groups (broad SMARTS) is 1. The Morgan fingerprint density at radius 3 is 1.68 bits per heavy atom. The Hall–Kier alpha value is -5.93. The van der Waals surface area contributed by atoms with Crippen molar-refractivity contribution in [2.24, 2.45) is 11.8 Å². The van der Waals surface area contributed by atoms with Gasteiger partial charge in [0.1, 0.15) is 23.7 Å². The van der Waals surface area contributed by atoms with E-state index in [0.29, 0.717) is 49.0 Å². The summed E-state index contributed by atoms with van der Waals surface area (Å²) in [6.45, 7) is 8.33. The van der Waals surface area contributed by atoms with Gasteiger partial charge in [-0.25, -0.2) is 24.4 Å². The minimum absolute atomic E-state index is 0.147. The summed E-state index contributed by atoms with van der Waals surface area (Å²) in [6, 6.07) is 6.90. The second-order valence-electron chi connectivity index (χ2n) is 15.5. The highest BCUT2D eigenvalue weighted by atomic mass is 16.5. The van der Waals surface area contributed by atoms with Crippen LogP contribution in [0.15, 0.2) is 66.5 Å². The highest BCUT2D eigenvalue weighted by Gasteiger charge is 2.44. The number of methoxy groups -OCH3 is 2. The number of allylic oxidation sites excluding steroid dienone is 3. The first kappa shape index (κ1) is 40.7. The number of H-pyrrole nitrogens is 2. The van der Waals surface area contributed by atoms with Crippen LogP contribution in [0, 0.1) is 11.8 Å². The van der Waals surface area contributed by atoms with Gasteiger partial charge in [0.05, 0.1) is 43.1 Å². The predicted octanol–water partition coefficient (Wildman–Crippen LogP) is 4.87. The smallest absolute Gasteiger partial charge is 0.407 e. The molecule has 0 saturated carbocycles. The first-order valence-electron chi connectivity index (χ1n) is 19.4. The van der Waals surface area contributed by atoms with Crippen LogP contribution in [0.2, 0.25) is 0 Å². The SMILES string of the molecule is COC(=O)N[C@H](C(=O)N1CCC[C@H]1c1ncc(C2(c3cnc([C@@H]4CCCN4C(=O)[C@@H](NC(=O)OC)C(C)C)[nH]3)C=CC(c3ccccc3)C(C(=O)O)=C2)[nH]1)C(C)C. The lowest BCUT2D eigenvalue weighted by molar-refractivity contribution is -0.136. The van der Waals surface area contributed by atoms with E-state index < -0.39 is 53.7 Å². The molecule has 3 aliphatic rings. The summed E-state index contributed by atoms with van der Waals surface area (Å²) < 4.78 is 9.58. The maximum atomic E-state index is 13.9. The summed E-state index contributed by atoms with van der Waals surface area (Å²) in [6.07, 6.45) is 10.1. The van der Waals surface area contributed by atoms with Crippen molar-refractivity contribution in [3.05, 3.63) is 95.1 Å². The van der Waals surface area contributed by atoms with E-state index in [9.17, 15) is 29.1 Å². The van der Waals surface area contributed by atoms with Crippen LogP contribution in [0.1, 0.15) is 100.0 Å². The molecule has 2 saturated heterocycles. The molecule has 0 bridgehead atoms. The number of ether oxygens (including phenoxy) is 2. The Morgan fingerprint density at radius 1 is 0.789 bits per heavy atom. The van der Waals surface area contributed by atoms with Gasteiger partial charge in [0.25, 0.3) is 0 Å². The molecule has 6 rings (SSSR count). The molecule has 3 aromatic rings. The Labute approximate surface area is 331 Å². The summed E-state index contributed by atoms with van der Waals surface area (Å²) in [5.74, 6) is -1.52. The van der Waals surface area contributed by atoms with Gasteiger partial charge in [-0.1, -0.05) is 76.3 Å². The van der Waals surface area contributed by atoms with Crippen LogP contribution < -0.4 is 10.6 Å². The summed E-state index contributed by atoms with van der Waals surface area (Å²) in [7, 11) is 2.50. The van der Waals surface area contributed by atoms with Crippen molar-refractivity contribution in [3.8, 4) is 0 Å². The van der Waals surface area contributed by atoms with Crippen molar-refractivity contribution in [2.75, 3.05) is 27.3 Å². The summed E-state index contributed by atoms with van der Waals surface area (Å²) in [5.41, 5.74) is 0.822. The molecule has 5 atom stereocenters. The summed E-state index contributed by atoms with van der Waals surface area (Å²) in [4.78, 5) is 85.2. The number of imidazole rings is 2. The van der Waals surface area contributed by atoms with E-state index in [1.54, 1.807) is 28.3 Å². The number of hydrogen-bond acceptors (Lipinski definition) is 9. The Morgan fingerprint density at radius 2 is 1.26 bits per heavy atom. The zero-order valence-corrected chi connectivity index (χ0v) is 33.2. The minimum Gasteiger partial charge on any atom is -0.478 e. The number of aliphatic carboxylic acids is 1. The van der Waals surface area contributed by atoms with E-state index in [0.717, 1.165) is 18.4 Å². The second kappa shape index (κ2) is 17.1. The minimum atomic E-state index is -1.23. The Balaban J connectivity index is 1.39. The lowest BCUT2D eigenvalue weighted by Gasteiger charge is -2.32. The third kappa shape index (κ3) is 8.16. The molecule has 16 nitrogen and oxygen atoms in total. The van der Waals surface area contributed by atoms with Crippen molar-refractivity contribution in [1.82, 2.24) is 40.4 Å². The topological polar surface area (TPSA) is 212 Å². The van der Waals surface area contributed by atoms with E-state index in [2.05, 4.69) is 20.6 Å². The molecule has 2 aromatic heterocycles. The van der Waals surface area contributed by atoms with Gasteiger partial charge in [-0.05, 0) is 43.1 Å². The monoisotopic (exact) mass is 784 g/mol. The predicted molar refractivity (Wildman–Crippen MR) is 208 cm³/mol. The number of aromatic nitrogens is 4. The summed E-state index contributed by atoms with van der Waals surface area (Å²) in [5, 5.41) is 16.0. The van der Waals surface area contributed by atoms with Crippen molar-refractivity contribution in [2.45, 2.75) is 88.9 Å². The van der Waals surface area contributed by atoms with Crippen LogP contribution in [0.25, 0.3) is 0 Å². The highest BCUT2D eigenvalue weighted by Crippen LogP contribution is 2.44. The molecule has 1 unspecified atom stereocenters. The number of carboxylic acids is 1. The second-order valence-corrected chi connectivity index (χ2v) is 15.5. The van der Waals surface area contributed by atoms with Gasteiger partial charge in [-0.2, -0.15) is 0 Å². The van der Waals surface area contributed by atoms with Gasteiger partial charge >= 0.3 is 18.2 Å². The lowest BCUT2D eigenvalue weighted by Crippen LogP contribution is -2.51. The van der Waals surface area contributed by atoms with E-state index in [1.165, 1.54) is 14.2 Å². The van der Waals surface area contributed by atoms with Gasteiger partial charge in [-0.15, -0.1) is 0 Å². The first-order valence-corrected chi connectivity index (χ1v) is 19.4. The molecule has 1 aromatic carbocycles. The van der Waals surface area contributed by atoms with Crippen LogP contribution in [0.3, 0.4) is 0 Å². The quantitative estimate of drug-likeness (QED) is 0.157. The molecule has 4 heterocycles. The molecule has 5 N–H and O–H groups in total. The van der Waals surface area contributed by atoms with Crippen molar-refractivity contribution >= 4 is 30.0 Å². The Kier molecular flexibility index (Phi) is 12.2. The fourth-order valence-corrected chi connectivity index (χ4v) is 8.18. The van der Waals surface area contributed by atoms with Crippen molar-refractivity contribution < 1.29 is 38.6 Å². The molecular formula is C41H52N8O8. The number of alkyl carbamates (subject to hydrolysis) is 2. The number of nitrogens with zero attached hydrogens (tertiary/aromatic N) is 4. The van der Waals surface area contributed by atoms with Crippen molar-refractivity contribution in [1.29, 1.82) is 0 Å². The number of aromatic amines is 2. The number of hydrogen-bond donors (Lipinski definition) is 5. The Bertz CT molecular complexity index is 1920. The number of nitrogens with one attached hydrogen (secondary N) is 4. The van der Waals surface area contributed by atoms with Crippen LogP contribution >= 0.6 is 0 Å². The van der Waals surface area contributed by atoms with Gasteiger partial charge in [-0.3, -0.25) is 9.59 Å². The van der Waals surface area contributed by atoms with E-state index in [4.69, 9.17) is 19.4 Å². The molecule has 1 aliphatic carbocycles. The molecule has 0 radical (unpaired) electrons. The van der Waals surface area contributed by atoms with Crippen molar-refractivity contribution in [3.63, 3.8) is 0 Å². The van der Waals surface area contributed by atoms with E-state index in [-0.39, 0.29) is 29.2 Å². The first-order chi connectivity index (χ1) is 27.3. The normalized spacial score (nSPS) is 21.3. The number of rotatable bonds is 12. The number of amides is 4. The molecule has 0 spiro atoms. The molecular weight excluding hydrogens is 732 g/mol. The molecule has 57 heavy (non-hydrogen) atoms. The van der Waals surface area contributed by atoms with Crippen LogP contribution in [0.5, 0.6) is 0 Å².